The zero-order chi connectivity index (χ0) is 17.9. The van der Waals surface area contributed by atoms with Crippen molar-refractivity contribution < 1.29 is 4.79 Å². The molecule has 0 aliphatic carbocycles. The van der Waals surface area contributed by atoms with Crippen LogP contribution in [0, 0.1) is 6.92 Å². The van der Waals surface area contributed by atoms with Crippen molar-refractivity contribution in [2.24, 2.45) is 4.99 Å². The Labute approximate surface area is 173 Å². The average molecular weight is 480 g/mol. The van der Waals surface area contributed by atoms with Crippen LogP contribution in [0.15, 0.2) is 17.1 Å². The highest BCUT2D eigenvalue weighted by molar-refractivity contribution is 14.0. The quantitative estimate of drug-likeness (QED) is 0.324. The molecule has 2 N–H and O–H groups in total. The van der Waals surface area contributed by atoms with E-state index in [4.69, 9.17) is 0 Å². The molecule has 1 heterocycles. The number of aliphatic imine (C=N–C) groups is 1. The first-order chi connectivity index (χ1) is 11.5. The van der Waals surface area contributed by atoms with Crippen LogP contribution in [0.4, 0.5) is 0 Å². The van der Waals surface area contributed by atoms with E-state index in [0.717, 1.165) is 32.0 Å². The van der Waals surface area contributed by atoms with E-state index in [1.54, 1.807) is 0 Å². The van der Waals surface area contributed by atoms with Gasteiger partial charge < -0.3 is 15.5 Å². The van der Waals surface area contributed by atoms with Gasteiger partial charge in [-0.05, 0) is 46.8 Å². The summed E-state index contributed by atoms with van der Waals surface area (Å²) in [5.41, 5.74) is 0. The van der Waals surface area contributed by atoms with Crippen molar-refractivity contribution in [3.8, 4) is 0 Å². The molecule has 0 spiro atoms. The molecule has 1 aromatic heterocycles. The smallest absolute Gasteiger partial charge is 0.224 e. The van der Waals surface area contributed by atoms with E-state index in [9.17, 15) is 4.79 Å². The summed E-state index contributed by atoms with van der Waals surface area (Å²) in [6.45, 7) is 13.2. The molecule has 7 heteroatoms. The van der Waals surface area contributed by atoms with Gasteiger partial charge in [0.05, 0.1) is 6.54 Å². The summed E-state index contributed by atoms with van der Waals surface area (Å²) in [5, 5.41) is 6.68. The molecule has 1 unspecified atom stereocenters. The van der Waals surface area contributed by atoms with Gasteiger partial charge in [-0.2, -0.15) is 0 Å². The Kier molecular flexibility index (Phi) is 12.9. The Bertz CT molecular complexity index is 529. The maximum absolute atomic E-state index is 12.0. The normalized spacial score (nSPS) is 12.3. The van der Waals surface area contributed by atoms with Crippen molar-refractivity contribution in [3.63, 3.8) is 0 Å². The van der Waals surface area contributed by atoms with Crippen LogP contribution in [-0.4, -0.2) is 49.0 Å². The maximum atomic E-state index is 12.0. The van der Waals surface area contributed by atoms with Gasteiger partial charge in [-0.25, -0.2) is 0 Å². The van der Waals surface area contributed by atoms with Gasteiger partial charge in [0, 0.05) is 48.3 Å². The highest BCUT2D eigenvalue weighted by Crippen LogP contribution is 2.16. The zero-order valence-electron chi connectivity index (χ0n) is 16.1. The van der Waals surface area contributed by atoms with Gasteiger partial charge >= 0.3 is 0 Å². The number of hydrogen-bond donors (Lipinski definition) is 2. The van der Waals surface area contributed by atoms with Crippen molar-refractivity contribution in [1.29, 1.82) is 0 Å². The van der Waals surface area contributed by atoms with Gasteiger partial charge in [-0.15, -0.1) is 35.3 Å². The van der Waals surface area contributed by atoms with E-state index < -0.39 is 0 Å². The number of amides is 1. The Balaban J connectivity index is 0.00000576. The fourth-order valence-electron chi connectivity index (χ4n) is 2.50. The van der Waals surface area contributed by atoms with Crippen LogP contribution in [-0.2, 0) is 11.2 Å². The van der Waals surface area contributed by atoms with Gasteiger partial charge in [-0.1, -0.05) is 0 Å². The van der Waals surface area contributed by atoms with Gasteiger partial charge in [-0.3, -0.25) is 9.79 Å². The summed E-state index contributed by atoms with van der Waals surface area (Å²) in [4.78, 5) is 21.1. The van der Waals surface area contributed by atoms with E-state index >= 15 is 0 Å². The fourth-order valence-corrected chi connectivity index (χ4v) is 3.52. The number of thiophene rings is 1. The number of nitrogens with one attached hydrogen (secondary N) is 2. The molecule has 0 aliphatic rings. The second-order valence-corrected chi connectivity index (χ2v) is 7.21. The molecule has 5 nitrogen and oxygen atoms in total. The molecule has 25 heavy (non-hydrogen) atoms. The highest BCUT2D eigenvalue weighted by atomic mass is 127. The number of nitrogens with zero attached hydrogens (tertiary/aromatic N) is 2. The maximum Gasteiger partial charge on any atom is 0.224 e. The first kappa shape index (κ1) is 24.2. The molecule has 1 amide bonds. The first-order valence-corrected chi connectivity index (χ1v) is 9.69. The monoisotopic (exact) mass is 480 g/mol. The SMILES string of the molecule is CCNC(=NCCC(=O)N(CC)CC)NC(C)Cc1ccc(C)s1.I. The fraction of sp³-hybridized carbons (Fsp3) is 0.667. The molecule has 1 rings (SSSR count). The van der Waals surface area contributed by atoms with Crippen molar-refractivity contribution in [1.82, 2.24) is 15.5 Å². The Hall–Kier alpha value is -0.830. The molecule has 1 atom stereocenters. The van der Waals surface area contributed by atoms with Crippen LogP contribution >= 0.6 is 35.3 Å². The van der Waals surface area contributed by atoms with Crippen molar-refractivity contribution in [2.75, 3.05) is 26.2 Å². The standard InChI is InChI=1S/C18H32N4OS.HI/c1-6-19-18(20-12-11-17(23)22(7-2)8-3)21-14(4)13-16-10-9-15(5)24-16;/h9-10,14H,6-8,11-13H2,1-5H3,(H2,19,20,21);1H. The van der Waals surface area contributed by atoms with Gasteiger partial charge in [0.2, 0.25) is 5.91 Å². The lowest BCUT2D eigenvalue weighted by atomic mass is 10.2. The van der Waals surface area contributed by atoms with E-state index in [2.05, 4.69) is 41.6 Å². The Morgan fingerprint density at radius 1 is 1.28 bits per heavy atom. The second-order valence-electron chi connectivity index (χ2n) is 5.84. The molecule has 0 fully saturated rings. The van der Waals surface area contributed by atoms with Crippen LogP contribution in [0.5, 0.6) is 0 Å². The number of halogens is 1. The second kappa shape index (κ2) is 13.4. The lowest BCUT2D eigenvalue weighted by Gasteiger charge is -2.19. The van der Waals surface area contributed by atoms with Crippen molar-refractivity contribution in [3.05, 3.63) is 21.9 Å². The minimum atomic E-state index is 0. The third-order valence-electron chi connectivity index (χ3n) is 3.74. The van der Waals surface area contributed by atoms with E-state index in [1.807, 2.05) is 37.0 Å². The molecule has 0 aliphatic heterocycles. The number of hydrogen-bond acceptors (Lipinski definition) is 3. The van der Waals surface area contributed by atoms with Crippen LogP contribution in [0.3, 0.4) is 0 Å². The Morgan fingerprint density at radius 3 is 2.48 bits per heavy atom. The molecular weight excluding hydrogens is 447 g/mol. The lowest BCUT2D eigenvalue weighted by molar-refractivity contribution is -0.130. The number of carbonyl (C=O) groups excluding carboxylic acids is 1. The van der Waals surface area contributed by atoms with Crippen LogP contribution in [0.2, 0.25) is 0 Å². The largest absolute Gasteiger partial charge is 0.357 e. The van der Waals surface area contributed by atoms with Crippen molar-refractivity contribution >= 4 is 47.2 Å². The van der Waals surface area contributed by atoms with Gasteiger partial charge in [0.25, 0.3) is 0 Å². The third kappa shape index (κ3) is 9.44. The molecule has 0 radical (unpaired) electrons. The molecule has 0 aromatic carbocycles. The lowest BCUT2D eigenvalue weighted by Crippen LogP contribution is -2.43. The molecular formula is C18H33IN4OS. The third-order valence-corrected chi connectivity index (χ3v) is 4.77. The minimum absolute atomic E-state index is 0. The van der Waals surface area contributed by atoms with Crippen molar-refractivity contribution in [2.45, 2.75) is 53.5 Å². The zero-order valence-corrected chi connectivity index (χ0v) is 19.2. The number of guanidine groups is 1. The molecule has 1 aromatic rings. The van der Waals surface area contributed by atoms with E-state index in [-0.39, 0.29) is 29.9 Å². The topological polar surface area (TPSA) is 56.7 Å². The summed E-state index contributed by atoms with van der Waals surface area (Å²) >= 11 is 1.84. The minimum Gasteiger partial charge on any atom is -0.357 e. The van der Waals surface area contributed by atoms with Crippen LogP contribution in [0.25, 0.3) is 0 Å². The van der Waals surface area contributed by atoms with Gasteiger partial charge in [0.1, 0.15) is 0 Å². The summed E-state index contributed by atoms with van der Waals surface area (Å²) in [7, 11) is 0. The molecule has 0 bridgehead atoms. The van der Waals surface area contributed by atoms with Crippen LogP contribution in [0.1, 0.15) is 43.9 Å². The van der Waals surface area contributed by atoms with Gasteiger partial charge in [0.15, 0.2) is 5.96 Å². The summed E-state index contributed by atoms with van der Waals surface area (Å²) in [6, 6.07) is 4.63. The average Bonchev–Trinajstić information content (AvgIpc) is 2.93. The number of aryl methyl sites for hydroxylation is 1. The summed E-state index contributed by atoms with van der Waals surface area (Å²) in [6.07, 6.45) is 1.43. The highest BCUT2D eigenvalue weighted by Gasteiger charge is 2.10. The molecule has 0 saturated heterocycles. The predicted octanol–water partition coefficient (Wildman–Crippen LogP) is 3.42. The summed E-state index contributed by atoms with van der Waals surface area (Å²) in [5.74, 6) is 0.951. The Morgan fingerprint density at radius 2 is 1.96 bits per heavy atom. The molecule has 0 saturated carbocycles. The molecule has 144 valence electrons. The van der Waals surface area contributed by atoms with Crippen LogP contribution < -0.4 is 10.6 Å². The van der Waals surface area contributed by atoms with E-state index in [0.29, 0.717) is 19.0 Å². The summed E-state index contributed by atoms with van der Waals surface area (Å²) < 4.78 is 0. The predicted molar refractivity (Wildman–Crippen MR) is 119 cm³/mol. The number of carbonyl (C=O) groups is 1. The van der Waals surface area contributed by atoms with E-state index in [1.165, 1.54) is 9.75 Å². The number of rotatable bonds is 9. The first-order valence-electron chi connectivity index (χ1n) is 8.88.